The Hall–Kier alpha value is -2.53. The summed E-state index contributed by atoms with van der Waals surface area (Å²) in [7, 11) is 0. The quantitative estimate of drug-likeness (QED) is 0.781. The van der Waals surface area contributed by atoms with Crippen molar-refractivity contribution in [2.24, 2.45) is 0 Å². The number of hydrogen-bond acceptors (Lipinski definition) is 3. The maximum Gasteiger partial charge on any atom is 0.407 e. The Kier molecular flexibility index (Phi) is 6.42. The maximum absolute atomic E-state index is 11.9. The molecule has 0 heterocycles. The zero-order valence-electron chi connectivity index (χ0n) is 13.9. The fourth-order valence-corrected chi connectivity index (χ4v) is 2.62. The molecular weight excluding hydrogens is 342 g/mol. The number of carbonyl (C=O) groups excluding carboxylic acids is 1. The van der Waals surface area contributed by atoms with Gasteiger partial charge in [-0.2, -0.15) is 0 Å². The van der Waals surface area contributed by atoms with Crippen molar-refractivity contribution in [1.82, 2.24) is 5.32 Å². The molecule has 0 aromatic heterocycles. The lowest BCUT2D eigenvalue weighted by Gasteiger charge is -2.28. The van der Waals surface area contributed by atoms with Gasteiger partial charge in [-0.15, -0.1) is 0 Å². The Balaban J connectivity index is 1.98. The van der Waals surface area contributed by atoms with Gasteiger partial charge in [-0.3, -0.25) is 4.79 Å². The van der Waals surface area contributed by atoms with Crippen molar-refractivity contribution in [2.45, 2.75) is 25.4 Å². The Morgan fingerprint density at radius 2 is 1.76 bits per heavy atom. The Labute approximate surface area is 151 Å². The number of alkyl carbamates (subject to hydrolysis) is 1. The Morgan fingerprint density at radius 1 is 1.12 bits per heavy atom. The van der Waals surface area contributed by atoms with Gasteiger partial charge >= 0.3 is 12.1 Å². The number of carboxylic acid groups (broad SMARTS) is 1. The highest BCUT2D eigenvalue weighted by atomic mass is 35.5. The van der Waals surface area contributed by atoms with Gasteiger partial charge < -0.3 is 15.2 Å². The molecule has 0 saturated carbocycles. The molecule has 6 heteroatoms. The highest BCUT2D eigenvalue weighted by Gasteiger charge is 2.30. The number of nitrogens with one attached hydrogen (secondary N) is 1. The number of carbonyl (C=O) groups is 2. The fourth-order valence-electron chi connectivity index (χ4n) is 2.49. The minimum absolute atomic E-state index is 0.131. The van der Waals surface area contributed by atoms with Crippen LogP contribution in [0.1, 0.15) is 24.5 Å². The van der Waals surface area contributed by atoms with Gasteiger partial charge in [-0.1, -0.05) is 61.0 Å². The second kappa shape index (κ2) is 8.53. The summed E-state index contributed by atoms with van der Waals surface area (Å²) in [4.78, 5) is 23.2. The van der Waals surface area contributed by atoms with Crippen LogP contribution in [0.2, 0.25) is 5.02 Å². The molecule has 5 nitrogen and oxygen atoms in total. The van der Waals surface area contributed by atoms with Gasteiger partial charge in [-0.25, -0.2) is 4.79 Å². The topological polar surface area (TPSA) is 75.6 Å². The first-order valence-corrected chi connectivity index (χ1v) is 8.19. The predicted molar refractivity (Wildman–Crippen MR) is 95.7 cm³/mol. The molecule has 0 bridgehead atoms. The summed E-state index contributed by atoms with van der Waals surface area (Å²) in [6.45, 7) is 2.07. The SMILES string of the molecule is CC(CNC(=O)OCc1ccccc1)(CC(=O)O)c1ccc(Cl)cc1. The van der Waals surface area contributed by atoms with Gasteiger partial charge in [0, 0.05) is 17.0 Å². The van der Waals surface area contributed by atoms with Crippen LogP contribution >= 0.6 is 11.6 Å². The minimum atomic E-state index is -0.947. The Morgan fingerprint density at radius 3 is 2.36 bits per heavy atom. The van der Waals surface area contributed by atoms with Crippen LogP contribution in [0.3, 0.4) is 0 Å². The highest BCUT2D eigenvalue weighted by Crippen LogP contribution is 2.28. The van der Waals surface area contributed by atoms with Crippen LogP contribution in [0.5, 0.6) is 0 Å². The lowest BCUT2D eigenvalue weighted by Crippen LogP contribution is -2.40. The van der Waals surface area contributed by atoms with Gasteiger partial charge in [0.1, 0.15) is 6.61 Å². The molecule has 1 amide bonds. The van der Waals surface area contributed by atoms with Crippen molar-refractivity contribution >= 4 is 23.7 Å². The average Bonchev–Trinajstić information content (AvgIpc) is 2.59. The van der Waals surface area contributed by atoms with E-state index in [1.165, 1.54) is 0 Å². The van der Waals surface area contributed by atoms with Crippen molar-refractivity contribution in [2.75, 3.05) is 6.54 Å². The van der Waals surface area contributed by atoms with E-state index in [1.54, 1.807) is 31.2 Å². The van der Waals surface area contributed by atoms with Crippen LogP contribution < -0.4 is 5.32 Å². The van der Waals surface area contributed by atoms with Gasteiger partial charge in [0.05, 0.1) is 6.42 Å². The molecule has 25 heavy (non-hydrogen) atoms. The van der Waals surface area contributed by atoms with Crippen LogP contribution in [0.4, 0.5) is 4.79 Å². The first kappa shape index (κ1) is 18.8. The lowest BCUT2D eigenvalue weighted by molar-refractivity contribution is -0.138. The van der Waals surface area contributed by atoms with E-state index in [9.17, 15) is 14.7 Å². The number of ether oxygens (including phenoxy) is 1. The van der Waals surface area contributed by atoms with E-state index < -0.39 is 17.5 Å². The van der Waals surface area contributed by atoms with E-state index in [0.29, 0.717) is 5.02 Å². The fraction of sp³-hybridized carbons (Fsp3) is 0.263. The second-order valence-corrected chi connectivity index (χ2v) is 6.49. The number of halogens is 1. The predicted octanol–water partition coefficient (Wildman–Crippen LogP) is 4.00. The molecule has 0 aliphatic carbocycles. The van der Waals surface area contributed by atoms with E-state index in [2.05, 4.69) is 5.32 Å². The van der Waals surface area contributed by atoms with E-state index in [0.717, 1.165) is 11.1 Å². The number of hydrogen-bond donors (Lipinski definition) is 2. The van der Waals surface area contributed by atoms with Crippen molar-refractivity contribution < 1.29 is 19.4 Å². The number of carboxylic acids is 1. The number of aliphatic carboxylic acids is 1. The largest absolute Gasteiger partial charge is 0.481 e. The molecule has 2 N–H and O–H groups in total. The summed E-state index contributed by atoms with van der Waals surface area (Å²) in [5.74, 6) is -0.947. The normalized spacial score (nSPS) is 12.9. The van der Waals surface area contributed by atoms with Crippen LogP contribution in [0.25, 0.3) is 0 Å². The van der Waals surface area contributed by atoms with Gasteiger partial charge in [-0.05, 0) is 23.3 Å². The first-order valence-electron chi connectivity index (χ1n) is 7.81. The average molecular weight is 362 g/mol. The summed E-state index contributed by atoms with van der Waals surface area (Å²) >= 11 is 5.89. The molecule has 0 saturated heterocycles. The second-order valence-electron chi connectivity index (χ2n) is 6.05. The molecule has 132 valence electrons. The van der Waals surface area contributed by atoms with E-state index in [-0.39, 0.29) is 19.6 Å². The summed E-state index contributed by atoms with van der Waals surface area (Å²) in [5.41, 5.74) is 0.883. The van der Waals surface area contributed by atoms with E-state index >= 15 is 0 Å². The zero-order valence-corrected chi connectivity index (χ0v) is 14.6. The minimum Gasteiger partial charge on any atom is -0.481 e. The Bertz CT molecular complexity index is 718. The molecular formula is C19H20ClNO4. The van der Waals surface area contributed by atoms with Gasteiger partial charge in [0.15, 0.2) is 0 Å². The zero-order chi connectivity index (χ0) is 18.3. The van der Waals surface area contributed by atoms with E-state index in [1.807, 2.05) is 30.3 Å². The molecule has 1 unspecified atom stereocenters. The van der Waals surface area contributed by atoms with Gasteiger partial charge in [0.2, 0.25) is 0 Å². The van der Waals surface area contributed by atoms with Crippen molar-refractivity contribution in [3.8, 4) is 0 Å². The highest BCUT2D eigenvalue weighted by molar-refractivity contribution is 6.30. The molecule has 0 radical (unpaired) electrons. The maximum atomic E-state index is 11.9. The number of rotatable bonds is 7. The molecule has 0 fully saturated rings. The van der Waals surface area contributed by atoms with Crippen LogP contribution in [0.15, 0.2) is 54.6 Å². The third-order valence-electron chi connectivity index (χ3n) is 3.92. The standard InChI is InChI=1S/C19H20ClNO4/c1-19(11-17(22)23,15-7-9-16(20)10-8-15)13-21-18(24)25-12-14-5-3-2-4-6-14/h2-10H,11-13H2,1H3,(H,21,24)(H,22,23). The lowest BCUT2D eigenvalue weighted by atomic mass is 9.79. The molecule has 0 aliphatic rings. The molecule has 2 rings (SSSR count). The summed E-state index contributed by atoms with van der Waals surface area (Å²) < 4.78 is 5.16. The third-order valence-corrected chi connectivity index (χ3v) is 4.17. The van der Waals surface area contributed by atoms with Crippen molar-refractivity contribution in [3.63, 3.8) is 0 Å². The number of amides is 1. The monoisotopic (exact) mass is 361 g/mol. The van der Waals surface area contributed by atoms with Gasteiger partial charge in [0.25, 0.3) is 0 Å². The van der Waals surface area contributed by atoms with Crippen LogP contribution in [-0.2, 0) is 21.6 Å². The van der Waals surface area contributed by atoms with E-state index in [4.69, 9.17) is 16.3 Å². The summed E-state index contributed by atoms with van der Waals surface area (Å²) in [6, 6.07) is 16.3. The molecule has 0 spiro atoms. The first-order chi connectivity index (χ1) is 11.9. The molecule has 0 aliphatic heterocycles. The smallest absolute Gasteiger partial charge is 0.407 e. The molecule has 2 aromatic rings. The summed E-state index contributed by atoms with van der Waals surface area (Å²) in [6.07, 6.45) is -0.720. The summed E-state index contributed by atoms with van der Waals surface area (Å²) in [5, 5.41) is 12.4. The number of benzene rings is 2. The van der Waals surface area contributed by atoms with Crippen molar-refractivity contribution in [1.29, 1.82) is 0 Å². The molecule has 2 aromatic carbocycles. The third kappa shape index (κ3) is 5.80. The van der Waals surface area contributed by atoms with Crippen molar-refractivity contribution in [3.05, 3.63) is 70.7 Å². The van der Waals surface area contributed by atoms with Crippen LogP contribution in [-0.4, -0.2) is 23.7 Å². The molecule has 1 atom stereocenters. The van der Waals surface area contributed by atoms with Crippen LogP contribution in [0, 0.1) is 0 Å².